The van der Waals surface area contributed by atoms with E-state index >= 15 is 0 Å². The van der Waals surface area contributed by atoms with Crippen LogP contribution in [0.25, 0.3) is 11.3 Å². The van der Waals surface area contributed by atoms with Crippen molar-refractivity contribution in [3.8, 4) is 17.1 Å². The highest BCUT2D eigenvalue weighted by Crippen LogP contribution is 2.24. The molecule has 0 aliphatic heterocycles. The minimum atomic E-state index is 0.280. The van der Waals surface area contributed by atoms with E-state index in [9.17, 15) is 0 Å². The molecule has 0 saturated carbocycles. The van der Waals surface area contributed by atoms with Crippen LogP contribution in [-0.2, 0) is 13.2 Å². The Balaban J connectivity index is 1.81. The quantitative estimate of drug-likeness (QED) is 0.746. The Kier molecular flexibility index (Phi) is 5.20. The van der Waals surface area contributed by atoms with Crippen molar-refractivity contribution in [1.29, 1.82) is 0 Å². The van der Waals surface area contributed by atoms with Crippen LogP contribution in [0, 0.1) is 0 Å². The summed E-state index contributed by atoms with van der Waals surface area (Å²) in [7, 11) is 4.08. The summed E-state index contributed by atoms with van der Waals surface area (Å²) in [5, 5.41) is 0. The summed E-state index contributed by atoms with van der Waals surface area (Å²) in [6.45, 7) is 1.23. The van der Waals surface area contributed by atoms with Crippen molar-refractivity contribution in [2.45, 2.75) is 13.2 Å². The number of benzene rings is 1. The fourth-order valence-electron chi connectivity index (χ4n) is 2.45. The molecular formula is C19H21N5O. The van der Waals surface area contributed by atoms with Gasteiger partial charge >= 0.3 is 0 Å². The third kappa shape index (κ3) is 4.51. The lowest BCUT2D eigenvalue weighted by molar-refractivity contribution is 0.295. The maximum Gasteiger partial charge on any atom is 0.258 e. The van der Waals surface area contributed by atoms with Crippen LogP contribution in [0.3, 0.4) is 0 Å². The highest BCUT2D eigenvalue weighted by atomic mass is 16.5. The van der Waals surface area contributed by atoms with Crippen molar-refractivity contribution >= 4 is 5.82 Å². The first-order chi connectivity index (χ1) is 12.1. The molecule has 0 radical (unpaired) electrons. The summed E-state index contributed by atoms with van der Waals surface area (Å²) in [4.78, 5) is 14.9. The van der Waals surface area contributed by atoms with E-state index in [1.807, 2.05) is 38.4 Å². The van der Waals surface area contributed by atoms with E-state index in [2.05, 4.69) is 32.0 Å². The lowest BCUT2D eigenvalue weighted by atomic mass is 10.1. The summed E-state index contributed by atoms with van der Waals surface area (Å²) in [5.41, 5.74) is 9.84. The number of ether oxygens (including phenoxy) is 1. The van der Waals surface area contributed by atoms with Crippen molar-refractivity contribution < 1.29 is 4.74 Å². The number of rotatable bonds is 6. The minimum Gasteiger partial charge on any atom is -0.470 e. The topological polar surface area (TPSA) is 77.2 Å². The lowest BCUT2D eigenvalue weighted by Crippen LogP contribution is -2.10. The first kappa shape index (κ1) is 16.9. The molecule has 0 unspecified atom stereocenters. The second-order valence-electron chi connectivity index (χ2n) is 6.03. The number of anilines is 1. The predicted molar refractivity (Wildman–Crippen MR) is 97.8 cm³/mol. The monoisotopic (exact) mass is 335 g/mol. The van der Waals surface area contributed by atoms with Crippen LogP contribution < -0.4 is 10.5 Å². The largest absolute Gasteiger partial charge is 0.470 e. The summed E-state index contributed by atoms with van der Waals surface area (Å²) in [6, 6.07) is 12.0. The van der Waals surface area contributed by atoms with Gasteiger partial charge in [0.05, 0.1) is 11.9 Å². The van der Waals surface area contributed by atoms with Gasteiger partial charge in [-0.15, -0.1) is 0 Å². The molecular weight excluding hydrogens is 314 g/mol. The van der Waals surface area contributed by atoms with Gasteiger partial charge in [0, 0.05) is 24.5 Å². The number of aromatic nitrogens is 3. The molecule has 0 amide bonds. The van der Waals surface area contributed by atoms with Crippen molar-refractivity contribution in [3.63, 3.8) is 0 Å². The van der Waals surface area contributed by atoms with Gasteiger partial charge in [0.25, 0.3) is 5.88 Å². The van der Waals surface area contributed by atoms with E-state index in [0.717, 1.165) is 23.4 Å². The van der Waals surface area contributed by atoms with Crippen molar-refractivity contribution in [1.82, 2.24) is 19.9 Å². The van der Waals surface area contributed by atoms with Crippen LogP contribution in [0.4, 0.5) is 5.82 Å². The smallest absolute Gasteiger partial charge is 0.258 e. The molecule has 0 fully saturated rings. The third-order valence-electron chi connectivity index (χ3n) is 3.61. The molecule has 0 bridgehead atoms. The zero-order valence-electron chi connectivity index (χ0n) is 14.4. The van der Waals surface area contributed by atoms with E-state index in [1.165, 1.54) is 5.56 Å². The number of pyridine rings is 1. The van der Waals surface area contributed by atoms with Gasteiger partial charge in [0.15, 0.2) is 5.82 Å². The number of hydrogen-bond acceptors (Lipinski definition) is 6. The van der Waals surface area contributed by atoms with Gasteiger partial charge in [0.1, 0.15) is 6.61 Å². The summed E-state index contributed by atoms with van der Waals surface area (Å²) in [5.74, 6) is 0.620. The second kappa shape index (κ2) is 7.72. The van der Waals surface area contributed by atoms with Gasteiger partial charge in [-0.05, 0) is 43.4 Å². The van der Waals surface area contributed by atoms with Crippen molar-refractivity contribution in [2.24, 2.45) is 0 Å². The Bertz CT molecular complexity index is 836. The number of nitrogens with zero attached hydrogens (tertiary/aromatic N) is 4. The summed E-state index contributed by atoms with van der Waals surface area (Å²) in [6.07, 6.45) is 5.12. The zero-order chi connectivity index (χ0) is 17.6. The van der Waals surface area contributed by atoms with E-state index in [-0.39, 0.29) is 5.82 Å². The summed E-state index contributed by atoms with van der Waals surface area (Å²) >= 11 is 0. The van der Waals surface area contributed by atoms with Gasteiger partial charge < -0.3 is 15.4 Å². The minimum absolute atomic E-state index is 0.280. The maximum atomic E-state index is 5.91. The molecule has 2 N–H and O–H groups in total. The molecule has 2 heterocycles. The van der Waals surface area contributed by atoms with Gasteiger partial charge in [-0.1, -0.05) is 18.2 Å². The van der Waals surface area contributed by atoms with E-state index in [4.69, 9.17) is 10.5 Å². The molecule has 3 aromatic rings. The van der Waals surface area contributed by atoms with E-state index < -0.39 is 0 Å². The molecule has 2 aromatic heterocycles. The molecule has 1 aromatic carbocycles. The van der Waals surface area contributed by atoms with Crippen LogP contribution in [0.15, 0.2) is 55.0 Å². The molecule has 0 spiro atoms. The van der Waals surface area contributed by atoms with Crippen molar-refractivity contribution in [3.05, 3.63) is 66.1 Å². The molecule has 25 heavy (non-hydrogen) atoms. The van der Waals surface area contributed by atoms with Crippen LogP contribution in [-0.4, -0.2) is 33.9 Å². The Morgan fingerprint density at radius 3 is 2.64 bits per heavy atom. The number of nitrogens with two attached hydrogens (primary N) is 1. The molecule has 0 aliphatic rings. The normalized spacial score (nSPS) is 10.8. The highest BCUT2D eigenvalue weighted by molar-refractivity contribution is 5.61. The molecule has 128 valence electrons. The van der Waals surface area contributed by atoms with Gasteiger partial charge in [-0.25, -0.2) is 9.97 Å². The van der Waals surface area contributed by atoms with E-state index in [0.29, 0.717) is 12.5 Å². The van der Waals surface area contributed by atoms with Gasteiger partial charge in [-0.3, -0.25) is 4.98 Å². The first-order valence-electron chi connectivity index (χ1n) is 8.00. The van der Waals surface area contributed by atoms with Crippen molar-refractivity contribution in [2.75, 3.05) is 19.8 Å². The van der Waals surface area contributed by atoms with Crippen LogP contribution in [0.1, 0.15) is 11.1 Å². The highest BCUT2D eigenvalue weighted by Gasteiger charge is 2.09. The molecule has 0 saturated heterocycles. The first-order valence-corrected chi connectivity index (χ1v) is 8.00. The Morgan fingerprint density at radius 2 is 1.88 bits per heavy atom. The van der Waals surface area contributed by atoms with Crippen LogP contribution in [0.5, 0.6) is 5.88 Å². The maximum absolute atomic E-state index is 5.91. The SMILES string of the molecule is CN(C)Cc1cccc(-c2cnc(N)c(OCc3ccncc3)n2)c1. The second-order valence-corrected chi connectivity index (χ2v) is 6.03. The molecule has 0 aliphatic carbocycles. The summed E-state index contributed by atoms with van der Waals surface area (Å²) < 4.78 is 5.75. The predicted octanol–water partition coefficient (Wildman–Crippen LogP) is 2.76. The molecule has 3 rings (SSSR count). The van der Waals surface area contributed by atoms with Gasteiger partial charge in [0.2, 0.25) is 0 Å². The average Bonchev–Trinajstić information content (AvgIpc) is 2.61. The zero-order valence-corrected chi connectivity index (χ0v) is 14.4. The molecule has 6 nitrogen and oxygen atoms in total. The Morgan fingerprint density at radius 1 is 1.08 bits per heavy atom. The molecule has 0 atom stereocenters. The number of hydrogen-bond donors (Lipinski definition) is 1. The fourth-order valence-corrected chi connectivity index (χ4v) is 2.45. The van der Waals surface area contributed by atoms with Gasteiger partial charge in [-0.2, -0.15) is 0 Å². The number of nitrogen functional groups attached to an aromatic ring is 1. The Hall–Kier alpha value is -2.99. The van der Waals surface area contributed by atoms with Crippen LogP contribution >= 0.6 is 0 Å². The lowest BCUT2D eigenvalue weighted by Gasteiger charge is -2.12. The molecule has 6 heteroatoms. The third-order valence-corrected chi connectivity index (χ3v) is 3.61. The van der Waals surface area contributed by atoms with E-state index in [1.54, 1.807) is 18.6 Å². The van der Waals surface area contributed by atoms with Crippen LogP contribution in [0.2, 0.25) is 0 Å². The standard InChI is InChI=1S/C19H21N5O/c1-24(2)12-15-4-3-5-16(10-15)17-11-22-18(20)19(23-17)25-13-14-6-8-21-9-7-14/h3-11H,12-13H2,1-2H3,(H2,20,22). The Labute approximate surface area is 147 Å². The average molecular weight is 335 g/mol. The fraction of sp³-hybridized carbons (Fsp3) is 0.211.